The number of nitrogens with one attached hydrogen (secondary N) is 1. The first-order valence-electron chi connectivity index (χ1n) is 7.75. The van der Waals surface area contributed by atoms with Crippen LogP contribution >= 0.6 is 0 Å². The summed E-state index contributed by atoms with van der Waals surface area (Å²) in [5, 5.41) is 17.0. The summed E-state index contributed by atoms with van der Waals surface area (Å²) in [6.45, 7) is 0.225. The number of rotatable bonds is 4. The molecule has 1 atom stereocenters. The maximum atomic E-state index is 13.9. The molecule has 2 N–H and O–H groups in total. The average Bonchev–Trinajstić information content (AvgIpc) is 3.22. The van der Waals surface area contributed by atoms with Gasteiger partial charge in [0.25, 0.3) is 5.91 Å². The Balaban J connectivity index is 1.63. The van der Waals surface area contributed by atoms with Crippen molar-refractivity contribution in [2.75, 3.05) is 5.32 Å². The number of hydrogen-bond acceptors (Lipinski definition) is 4. The number of benzene rings is 2. The summed E-state index contributed by atoms with van der Waals surface area (Å²) in [4.78, 5) is 18.9. The lowest BCUT2D eigenvalue weighted by molar-refractivity contribution is -0.129. The van der Waals surface area contributed by atoms with Crippen LogP contribution in [0.25, 0.3) is 0 Å². The third-order valence-corrected chi connectivity index (χ3v) is 4.24. The molecule has 132 valence electrons. The van der Waals surface area contributed by atoms with Gasteiger partial charge in [-0.2, -0.15) is 0 Å². The predicted octanol–water partition coefficient (Wildman–Crippen LogP) is 1.98. The van der Waals surface area contributed by atoms with Gasteiger partial charge in [0.1, 0.15) is 6.61 Å². The second-order valence-electron chi connectivity index (χ2n) is 5.84. The van der Waals surface area contributed by atoms with Crippen molar-refractivity contribution < 1.29 is 23.5 Å². The van der Waals surface area contributed by atoms with E-state index in [4.69, 9.17) is 4.84 Å². The molecule has 0 radical (unpaired) electrons. The Morgan fingerprint density at radius 2 is 1.96 bits per heavy atom. The second-order valence-corrected chi connectivity index (χ2v) is 5.84. The molecule has 1 amide bonds. The third kappa shape index (κ3) is 2.42. The van der Waals surface area contributed by atoms with Gasteiger partial charge in [0, 0.05) is 11.1 Å². The Morgan fingerprint density at radius 1 is 1.19 bits per heavy atom. The van der Waals surface area contributed by atoms with Crippen molar-refractivity contribution in [2.24, 2.45) is 0 Å². The number of aliphatic hydroxyl groups is 1. The highest BCUT2D eigenvalue weighted by Gasteiger charge is 2.49. The van der Waals surface area contributed by atoms with Crippen LogP contribution in [0.4, 0.5) is 14.5 Å². The van der Waals surface area contributed by atoms with E-state index in [-0.39, 0.29) is 23.4 Å². The first-order valence-corrected chi connectivity index (χ1v) is 7.75. The first kappa shape index (κ1) is 16.2. The van der Waals surface area contributed by atoms with Gasteiger partial charge in [-0.15, -0.1) is 9.94 Å². The van der Waals surface area contributed by atoms with E-state index >= 15 is 0 Å². The van der Waals surface area contributed by atoms with Crippen LogP contribution in [0.1, 0.15) is 16.7 Å². The molecule has 1 aromatic heterocycles. The standard InChI is InChI=1S/C18H13F2N3O3/c19-14-7-6-13-16(15(14)20)22-17(24)18(13,25)12-8-21-23(9-12)26-10-11-4-2-1-3-5-11/h1-9,25H,10H2,(H,22,24). The van der Waals surface area contributed by atoms with Gasteiger partial charge >= 0.3 is 0 Å². The molecular formula is C18H13F2N3O3. The average molecular weight is 357 g/mol. The number of hydrogen-bond donors (Lipinski definition) is 2. The van der Waals surface area contributed by atoms with E-state index in [0.29, 0.717) is 0 Å². The minimum Gasteiger partial charge on any atom is -0.392 e. The Bertz CT molecular complexity index is 991. The molecule has 0 saturated carbocycles. The normalized spacial score (nSPS) is 18.5. The minimum absolute atomic E-state index is 0.0767. The number of nitrogens with zero attached hydrogens (tertiary/aromatic N) is 2. The summed E-state index contributed by atoms with van der Waals surface area (Å²) >= 11 is 0. The van der Waals surface area contributed by atoms with E-state index in [0.717, 1.165) is 22.5 Å². The van der Waals surface area contributed by atoms with Crippen LogP contribution in [0.3, 0.4) is 0 Å². The number of carbonyl (C=O) groups excluding carboxylic acids is 1. The summed E-state index contributed by atoms with van der Waals surface area (Å²) < 4.78 is 27.3. The monoisotopic (exact) mass is 357 g/mol. The van der Waals surface area contributed by atoms with Crippen LogP contribution < -0.4 is 10.2 Å². The fourth-order valence-corrected chi connectivity index (χ4v) is 2.86. The number of anilines is 1. The molecular weight excluding hydrogens is 344 g/mol. The molecule has 0 aliphatic carbocycles. The molecule has 2 aromatic carbocycles. The number of carbonyl (C=O) groups is 1. The van der Waals surface area contributed by atoms with Gasteiger partial charge in [-0.3, -0.25) is 4.79 Å². The van der Waals surface area contributed by atoms with Gasteiger partial charge in [-0.1, -0.05) is 36.4 Å². The molecule has 0 spiro atoms. The lowest BCUT2D eigenvalue weighted by Crippen LogP contribution is -2.35. The number of amides is 1. The van der Waals surface area contributed by atoms with E-state index in [1.54, 1.807) is 0 Å². The van der Waals surface area contributed by atoms with Crippen molar-refractivity contribution in [3.8, 4) is 0 Å². The zero-order valence-corrected chi connectivity index (χ0v) is 13.3. The maximum Gasteiger partial charge on any atom is 0.266 e. The van der Waals surface area contributed by atoms with Crippen LogP contribution in [0.15, 0.2) is 54.9 Å². The molecule has 1 unspecified atom stereocenters. The number of aromatic nitrogens is 2. The molecule has 2 heterocycles. The van der Waals surface area contributed by atoms with Crippen LogP contribution in [0, 0.1) is 11.6 Å². The molecule has 0 fully saturated rings. The molecule has 0 saturated heterocycles. The molecule has 0 bridgehead atoms. The van der Waals surface area contributed by atoms with E-state index in [2.05, 4.69) is 10.4 Å². The minimum atomic E-state index is -2.18. The van der Waals surface area contributed by atoms with Crippen LogP contribution in [-0.2, 0) is 17.0 Å². The first-order chi connectivity index (χ1) is 12.5. The Morgan fingerprint density at radius 3 is 2.73 bits per heavy atom. The van der Waals surface area contributed by atoms with Crippen molar-refractivity contribution in [1.82, 2.24) is 9.94 Å². The molecule has 3 aromatic rings. The quantitative estimate of drug-likeness (QED) is 0.749. The molecule has 26 heavy (non-hydrogen) atoms. The van der Waals surface area contributed by atoms with Gasteiger partial charge in [0.2, 0.25) is 0 Å². The molecule has 1 aliphatic rings. The highest BCUT2D eigenvalue weighted by molar-refractivity contribution is 6.07. The fraction of sp³-hybridized carbons (Fsp3) is 0.111. The summed E-state index contributed by atoms with van der Waals surface area (Å²) in [6, 6.07) is 11.4. The smallest absolute Gasteiger partial charge is 0.266 e. The van der Waals surface area contributed by atoms with Gasteiger partial charge in [-0.25, -0.2) is 8.78 Å². The molecule has 4 rings (SSSR count). The van der Waals surface area contributed by atoms with Gasteiger partial charge in [0.05, 0.1) is 18.1 Å². The molecule has 1 aliphatic heterocycles. The maximum absolute atomic E-state index is 13.9. The third-order valence-electron chi connectivity index (χ3n) is 4.24. The highest BCUT2D eigenvalue weighted by atomic mass is 19.2. The van der Waals surface area contributed by atoms with E-state index in [1.807, 2.05) is 30.3 Å². The van der Waals surface area contributed by atoms with Gasteiger partial charge < -0.3 is 15.3 Å². The van der Waals surface area contributed by atoms with Crippen molar-refractivity contribution in [1.29, 1.82) is 0 Å². The van der Waals surface area contributed by atoms with Crippen LogP contribution in [0.2, 0.25) is 0 Å². The summed E-state index contributed by atoms with van der Waals surface area (Å²) in [7, 11) is 0. The number of fused-ring (bicyclic) bond motifs is 1. The lowest BCUT2D eigenvalue weighted by atomic mass is 9.89. The molecule has 6 nitrogen and oxygen atoms in total. The Kier molecular flexibility index (Phi) is 3.69. The number of halogens is 2. The van der Waals surface area contributed by atoms with Gasteiger partial charge in [0.15, 0.2) is 17.2 Å². The van der Waals surface area contributed by atoms with Crippen molar-refractivity contribution in [3.63, 3.8) is 0 Å². The highest BCUT2D eigenvalue weighted by Crippen LogP contribution is 2.42. The SMILES string of the molecule is O=C1Nc2c(ccc(F)c2F)C1(O)c1cnn(OCc2ccccc2)c1. The molecule has 8 heteroatoms. The van der Waals surface area contributed by atoms with E-state index in [9.17, 15) is 18.7 Å². The summed E-state index contributed by atoms with van der Waals surface area (Å²) in [6.07, 6.45) is 2.56. The summed E-state index contributed by atoms with van der Waals surface area (Å²) in [5.74, 6) is -3.23. The Labute approximate surface area is 146 Å². The topological polar surface area (TPSA) is 76.4 Å². The zero-order valence-electron chi connectivity index (χ0n) is 13.3. The van der Waals surface area contributed by atoms with Crippen molar-refractivity contribution in [2.45, 2.75) is 12.2 Å². The van der Waals surface area contributed by atoms with E-state index in [1.165, 1.54) is 12.4 Å². The van der Waals surface area contributed by atoms with Crippen LogP contribution in [-0.4, -0.2) is 21.0 Å². The fourth-order valence-electron chi connectivity index (χ4n) is 2.86. The van der Waals surface area contributed by atoms with E-state index < -0.39 is 23.1 Å². The largest absolute Gasteiger partial charge is 0.392 e. The lowest BCUT2D eigenvalue weighted by Gasteiger charge is -2.18. The van der Waals surface area contributed by atoms with Crippen molar-refractivity contribution >= 4 is 11.6 Å². The van der Waals surface area contributed by atoms with Crippen LogP contribution in [0.5, 0.6) is 0 Å². The Hall–Kier alpha value is -3.26. The van der Waals surface area contributed by atoms with Crippen molar-refractivity contribution in [3.05, 3.63) is 83.2 Å². The van der Waals surface area contributed by atoms with Gasteiger partial charge in [-0.05, 0) is 11.6 Å². The summed E-state index contributed by atoms with van der Waals surface area (Å²) in [5.41, 5.74) is -1.66. The zero-order chi connectivity index (χ0) is 18.3. The predicted molar refractivity (Wildman–Crippen MR) is 86.9 cm³/mol. The second kappa shape index (κ2) is 5.92.